The number of hydrogen-bond donors (Lipinski definition) is 1. The molecule has 0 saturated heterocycles. The standard InChI is InChI=1S/C9H12ClN/c1-6-3-4-8(9(10)11)7(2)5-6/h3-5,9H,11H2,1-2H3. The van der Waals surface area contributed by atoms with Gasteiger partial charge in [0.15, 0.2) is 0 Å². The maximum Gasteiger partial charge on any atom is 0.106 e. The molecule has 1 unspecified atom stereocenters. The van der Waals surface area contributed by atoms with Crippen LogP contribution in [0.4, 0.5) is 0 Å². The van der Waals surface area contributed by atoms with Gasteiger partial charge < -0.3 is 5.73 Å². The van der Waals surface area contributed by atoms with Gasteiger partial charge in [0.05, 0.1) is 0 Å². The van der Waals surface area contributed by atoms with Crippen molar-refractivity contribution in [2.45, 2.75) is 19.3 Å². The molecule has 0 radical (unpaired) electrons. The highest BCUT2D eigenvalue weighted by Crippen LogP contribution is 2.19. The van der Waals surface area contributed by atoms with Crippen LogP contribution in [0.15, 0.2) is 18.2 Å². The van der Waals surface area contributed by atoms with E-state index in [4.69, 9.17) is 17.3 Å². The maximum atomic E-state index is 5.74. The SMILES string of the molecule is Cc1ccc(C(N)Cl)c(C)c1. The largest absolute Gasteiger partial charge is 0.312 e. The van der Waals surface area contributed by atoms with Crippen molar-refractivity contribution in [2.75, 3.05) is 0 Å². The normalized spacial score (nSPS) is 13.1. The zero-order chi connectivity index (χ0) is 8.43. The topological polar surface area (TPSA) is 26.0 Å². The average molecular weight is 170 g/mol. The van der Waals surface area contributed by atoms with Crippen LogP contribution in [0.1, 0.15) is 22.2 Å². The van der Waals surface area contributed by atoms with Crippen LogP contribution in [0.3, 0.4) is 0 Å². The molecule has 0 heterocycles. The first-order valence-corrected chi connectivity index (χ1v) is 4.01. The number of alkyl halides is 1. The number of nitrogens with two attached hydrogens (primary N) is 1. The summed E-state index contributed by atoms with van der Waals surface area (Å²) in [6, 6.07) is 6.07. The van der Waals surface area contributed by atoms with Crippen molar-refractivity contribution in [3.8, 4) is 0 Å². The van der Waals surface area contributed by atoms with Crippen molar-refractivity contribution < 1.29 is 0 Å². The van der Waals surface area contributed by atoms with Crippen molar-refractivity contribution >= 4 is 11.6 Å². The first-order valence-electron chi connectivity index (χ1n) is 3.58. The summed E-state index contributed by atoms with van der Waals surface area (Å²) in [6.07, 6.45) is 0. The van der Waals surface area contributed by atoms with Gasteiger partial charge >= 0.3 is 0 Å². The minimum absolute atomic E-state index is 0.379. The van der Waals surface area contributed by atoms with Crippen LogP contribution in [-0.2, 0) is 0 Å². The minimum atomic E-state index is -0.379. The number of aryl methyl sites for hydroxylation is 2. The fraction of sp³-hybridized carbons (Fsp3) is 0.333. The van der Waals surface area contributed by atoms with Crippen molar-refractivity contribution in [3.05, 3.63) is 34.9 Å². The lowest BCUT2D eigenvalue weighted by molar-refractivity contribution is 0.998. The third-order valence-electron chi connectivity index (χ3n) is 1.72. The zero-order valence-corrected chi connectivity index (χ0v) is 7.52. The first-order chi connectivity index (χ1) is 5.11. The van der Waals surface area contributed by atoms with Gasteiger partial charge in [-0.1, -0.05) is 23.8 Å². The Balaban J connectivity index is 3.09. The van der Waals surface area contributed by atoms with Gasteiger partial charge in [-0.05, 0) is 25.0 Å². The monoisotopic (exact) mass is 169 g/mol. The zero-order valence-electron chi connectivity index (χ0n) is 6.76. The number of rotatable bonds is 1. The molecule has 1 aromatic rings. The molecule has 0 aliphatic rings. The Labute approximate surface area is 72.2 Å². The summed E-state index contributed by atoms with van der Waals surface area (Å²) in [6.45, 7) is 4.07. The molecule has 2 N–H and O–H groups in total. The molecule has 0 bridgehead atoms. The molecule has 0 aromatic heterocycles. The van der Waals surface area contributed by atoms with Crippen LogP contribution >= 0.6 is 11.6 Å². The molecule has 1 rings (SSSR count). The molecule has 0 amide bonds. The van der Waals surface area contributed by atoms with E-state index in [2.05, 4.69) is 13.0 Å². The van der Waals surface area contributed by atoms with Crippen LogP contribution in [0.25, 0.3) is 0 Å². The predicted molar refractivity (Wildman–Crippen MR) is 48.7 cm³/mol. The molecular formula is C9H12ClN. The molecule has 0 fully saturated rings. The number of hydrogen-bond acceptors (Lipinski definition) is 1. The Bertz CT molecular complexity index is 256. The van der Waals surface area contributed by atoms with Gasteiger partial charge in [0.2, 0.25) is 0 Å². The van der Waals surface area contributed by atoms with Crippen LogP contribution in [0, 0.1) is 13.8 Å². The van der Waals surface area contributed by atoms with E-state index >= 15 is 0 Å². The Morgan fingerprint density at radius 2 is 2.00 bits per heavy atom. The Morgan fingerprint density at radius 3 is 2.45 bits per heavy atom. The van der Waals surface area contributed by atoms with E-state index in [0.29, 0.717) is 0 Å². The van der Waals surface area contributed by atoms with Gasteiger partial charge in [-0.3, -0.25) is 0 Å². The molecule has 2 heteroatoms. The van der Waals surface area contributed by atoms with Gasteiger partial charge in [0.25, 0.3) is 0 Å². The van der Waals surface area contributed by atoms with E-state index < -0.39 is 0 Å². The highest BCUT2D eigenvalue weighted by molar-refractivity contribution is 6.20. The first kappa shape index (κ1) is 8.57. The smallest absolute Gasteiger partial charge is 0.106 e. The van der Waals surface area contributed by atoms with Gasteiger partial charge in [0, 0.05) is 0 Å². The van der Waals surface area contributed by atoms with Gasteiger partial charge in [-0.15, -0.1) is 11.6 Å². The molecule has 0 saturated carbocycles. The molecule has 0 spiro atoms. The Morgan fingerprint density at radius 1 is 1.36 bits per heavy atom. The Hall–Kier alpha value is -0.530. The van der Waals surface area contributed by atoms with E-state index in [1.807, 2.05) is 19.1 Å². The van der Waals surface area contributed by atoms with E-state index in [-0.39, 0.29) is 5.50 Å². The van der Waals surface area contributed by atoms with Crippen molar-refractivity contribution in [2.24, 2.45) is 5.73 Å². The second-order valence-electron chi connectivity index (χ2n) is 2.76. The lowest BCUT2D eigenvalue weighted by Crippen LogP contribution is -2.03. The maximum absolute atomic E-state index is 5.74. The lowest BCUT2D eigenvalue weighted by atomic mass is 10.1. The molecular weight excluding hydrogens is 158 g/mol. The average Bonchev–Trinajstić information content (AvgIpc) is 1.85. The van der Waals surface area contributed by atoms with E-state index in [1.54, 1.807) is 0 Å². The Kier molecular flexibility index (Phi) is 2.53. The van der Waals surface area contributed by atoms with Gasteiger partial charge in [-0.25, -0.2) is 0 Å². The molecule has 1 atom stereocenters. The molecule has 1 nitrogen and oxygen atoms in total. The predicted octanol–water partition coefficient (Wildman–Crippen LogP) is 2.50. The summed E-state index contributed by atoms with van der Waals surface area (Å²) in [5.74, 6) is 0. The second kappa shape index (κ2) is 3.24. The molecule has 0 aliphatic heterocycles. The summed E-state index contributed by atoms with van der Waals surface area (Å²) in [4.78, 5) is 0. The molecule has 11 heavy (non-hydrogen) atoms. The second-order valence-corrected chi connectivity index (χ2v) is 3.23. The minimum Gasteiger partial charge on any atom is -0.312 e. The third-order valence-corrected chi connectivity index (χ3v) is 1.96. The van der Waals surface area contributed by atoms with Crippen molar-refractivity contribution in [1.82, 2.24) is 0 Å². The number of halogens is 1. The summed E-state index contributed by atoms with van der Waals surface area (Å²) in [5.41, 5.74) is 8.56. The van der Waals surface area contributed by atoms with E-state index in [0.717, 1.165) is 11.1 Å². The highest BCUT2D eigenvalue weighted by Gasteiger charge is 2.03. The fourth-order valence-electron chi connectivity index (χ4n) is 1.14. The van der Waals surface area contributed by atoms with E-state index in [9.17, 15) is 0 Å². The van der Waals surface area contributed by atoms with E-state index in [1.165, 1.54) is 5.56 Å². The summed E-state index contributed by atoms with van der Waals surface area (Å²) in [5, 5.41) is 0. The van der Waals surface area contributed by atoms with Crippen LogP contribution in [0.2, 0.25) is 0 Å². The van der Waals surface area contributed by atoms with Crippen LogP contribution in [0.5, 0.6) is 0 Å². The lowest BCUT2D eigenvalue weighted by Gasteiger charge is -2.07. The molecule has 0 aliphatic carbocycles. The van der Waals surface area contributed by atoms with Crippen molar-refractivity contribution in [3.63, 3.8) is 0 Å². The quantitative estimate of drug-likeness (QED) is 0.508. The summed E-state index contributed by atoms with van der Waals surface area (Å²) >= 11 is 5.74. The summed E-state index contributed by atoms with van der Waals surface area (Å²) < 4.78 is 0. The van der Waals surface area contributed by atoms with Crippen LogP contribution in [-0.4, -0.2) is 0 Å². The van der Waals surface area contributed by atoms with Crippen LogP contribution < -0.4 is 5.73 Å². The highest BCUT2D eigenvalue weighted by atomic mass is 35.5. The molecule has 60 valence electrons. The summed E-state index contributed by atoms with van der Waals surface area (Å²) in [7, 11) is 0. The van der Waals surface area contributed by atoms with Crippen molar-refractivity contribution in [1.29, 1.82) is 0 Å². The van der Waals surface area contributed by atoms with Gasteiger partial charge in [-0.2, -0.15) is 0 Å². The molecule has 1 aromatic carbocycles. The van der Waals surface area contributed by atoms with Gasteiger partial charge in [0.1, 0.15) is 5.50 Å². The number of benzene rings is 1. The fourth-order valence-corrected chi connectivity index (χ4v) is 1.38. The third kappa shape index (κ3) is 1.95.